The fourth-order valence-electron chi connectivity index (χ4n) is 1.84. The molecule has 0 heterocycles. The third-order valence-corrected chi connectivity index (χ3v) is 2.71. The predicted octanol–water partition coefficient (Wildman–Crippen LogP) is 3.82. The van der Waals surface area contributed by atoms with Gasteiger partial charge in [0.25, 0.3) is 0 Å². The van der Waals surface area contributed by atoms with Crippen molar-refractivity contribution in [2.24, 2.45) is 0 Å². The van der Waals surface area contributed by atoms with Gasteiger partial charge in [-0.3, -0.25) is 5.41 Å². The summed E-state index contributed by atoms with van der Waals surface area (Å²) in [5.41, 5.74) is -1.10. The Bertz CT molecular complexity index is 521. The Balaban J connectivity index is 3.04. The average molecular weight is 283 g/mol. The van der Waals surface area contributed by atoms with E-state index >= 15 is 0 Å². The zero-order chi connectivity index (χ0) is 15.5. The van der Waals surface area contributed by atoms with E-state index in [9.17, 15) is 13.6 Å². The Morgan fingerprint density at radius 3 is 2.45 bits per heavy atom. The molecule has 1 atom stereocenters. The third-order valence-electron chi connectivity index (χ3n) is 2.71. The first-order chi connectivity index (χ1) is 9.15. The van der Waals surface area contributed by atoms with Crippen molar-refractivity contribution in [3.8, 4) is 0 Å². The summed E-state index contributed by atoms with van der Waals surface area (Å²) >= 11 is 0. The molecule has 110 valence electrons. The van der Waals surface area contributed by atoms with E-state index < -0.39 is 29.1 Å². The highest BCUT2D eigenvalue weighted by Gasteiger charge is 2.28. The maximum Gasteiger partial charge on any atom is 0.353 e. The quantitative estimate of drug-likeness (QED) is 0.674. The van der Waals surface area contributed by atoms with Gasteiger partial charge in [-0.15, -0.1) is 0 Å². The number of hydrogen-bond donors (Lipinski definition) is 1. The molecule has 0 aromatic heterocycles. The molecule has 0 saturated carbocycles. The van der Waals surface area contributed by atoms with E-state index in [2.05, 4.69) is 0 Å². The van der Waals surface area contributed by atoms with Gasteiger partial charge >= 0.3 is 5.97 Å². The number of carbonyl (C=O) groups excluding carboxylic acids is 1. The number of halogens is 2. The zero-order valence-corrected chi connectivity index (χ0v) is 12.1. The zero-order valence-electron chi connectivity index (χ0n) is 12.1. The van der Waals surface area contributed by atoms with Crippen LogP contribution in [0.3, 0.4) is 0 Å². The van der Waals surface area contributed by atoms with Crippen LogP contribution in [-0.2, 0) is 9.53 Å². The molecule has 0 bridgehead atoms. The Morgan fingerprint density at radius 1 is 1.35 bits per heavy atom. The summed E-state index contributed by atoms with van der Waals surface area (Å²) in [6, 6.07) is 3.01. The van der Waals surface area contributed by atoms with Crippen molar-refractivity contribution >= 4 is 11.7 Å². The van der Waals surface area contributed by atoms with Gasteiger partial charge in [-0.2, -0.15) is 0 Å². The second kappa shape index (κ2) is 6.11. The first-order valence-electron chi connectivity index (χ1n) is 6.42. The lowest BCUT2D eigenvalue weighted by molar-refractivity contribution is -0.146. The van der Waals surface area contributed by atoms with Crippen molar-refractivity contribution in [1.29, 1.82) is 5.41 Å². The molecule has 1 aromatic carbocycles. The average Bonchev–Trinajstić information content (AvgIpc) is 2.32. The predicted molar refractivity (Wildman–Crippen MR) is 73.0 cm³/mol. The van der Waals surface area contributed by atoms with Gasteiger partial charge in [0.2, 0.25) is 0 Å². The molecule has 0 aliphatic rings. The first-order valence-corrected chi connectivity index (χ1v) is 6.42. The van der Waals surface area contributed by atoms with Crippen LogP contribution in [0.25, 0.3) is 0 Å². The molecule has 0 unspecified atom stereocenters. The van der Waals surface area contributed by atoms with Crippen LogP contribution in [-0.4, -0.2) is 17.3 Å². The van der Waals surface area contributed by atoms with Gasteiger partial charge < -0.3 is 4.74 Å². The van der Waals surface area contributed by atoms with E-state index in [1.807, 2.05) is 0 Å². The molecule has 0 spiro atoms. The third kappa shape index (κ3) is 4.11. The standard InChI is InChI=1S/C15H19F2NO2/c1-5-10(11-8-9(16)6-7-12(11)17)13(18)14(19)20-15(2,3)4/h6-8,10,18H,5H2,1-4H3/t10-/m1/s1. The molecule has 0 amide bonds. The summed E-state index contributed by atoms with van der Waals surface area (Å²) < 4.78 is 32.1. The number of benzene rings is 1. The lowest BCUT2D eigenvalue weighted by Crippen LogP contribution is -2.31. The number of rotatable bonds is 4. The molecule has 0 aliphatic carbocycles. The largest absolute Gasteiger partial charge is 0.455 e. The van der Waals surface area contributed by atoms with Gasteiger partial charge in [0.05, 0.1) is 0 Å². The van der Waals surface area contributed by atoms with Crippen molar-refractivity contribution in [2.45, 2.75) is 45.6 Å². The van der Waals surface area contributed by atoms with Crippen molar-refractivity contribution in [2.75, 3.05) is 0 Å². The smallest absolute Gasteiger partial charge is 0.353 e. The topological polar surface area (TPSA) is 50.2 Å². The molecule has 1 rings (SSSR count). The van der Waals surface area contributed by atoms with Crippen LogP contribution in [0, 0.1) is 17.0 Å². The van der Waals surface area contributed by atoms with Crippen LogP contribution in [0.4, 0.5) is 8.78 Å². The molecule has 0 radical (unpaired) electrons. The Hall–Kier alpha value is -1.78. The SMILES string of the molecule is CC[C@@H](C(=N)C(=O)OC(C)(C)C)c1cc(F)ccc1F. The van der Waals surface area contributed by atoms with Crippen LogP contribution in [0.2, 0.25) is 0 Å². The Morgan fingerprint density at radius 2 is 1.95 bits per heavy atom. The maximum atomic E-state index is 13.8. The van der Waals surface area contributed by atoms with Crippen molar-refractivity contribution < 1.29 is 18.3 Å². The monoisotopic (exact) mass is 283 g/mol. The van der Waals surface area contributed by atoms with Gasteiger partial charge in [0.1, 0.15) is 22.9 Å². The number of esters is 1. The fraction of sp³-hybridized carbons (Fsp3) is 0.467. The van der Waals surface area contributed by atoms with Crippen LogP contribution >= 0.6 is 0 Å². The van der Waals surface area contributed by atoms with Crippen LogP contribution in [0.1, 0.15) is 45.6 Å². The first kappa shape index (κ1) is 16.3. The lowest BCUT2D eigenvalue weighted by atomic mass is 9.91. The highest BCUT2D eigenvalue weighted by molar-refractivity contribution is 6.37. The van der Waals surface area contributed by atoms with E-state index in [0.29, 0.717) is 6.42 Å². The van der Waals surface area contributed by atoms with Crippen LogP contribution in [0.5, 0.6) is 0 Å². The number of ether oxygens (including phenoxy) is 1. The second-order valence-electron chi connectivity index (χ2n) is 5.54. The Kier molecular flexibility index (Phi) is 4.98. The van der Waals surface area contributed by atoms with Crippen molar-refractivity contribution in [1.82, 2.24) is 0 Å². The van der Waals surface area contributed by atoms with E-state index in [0.717, 1.165) is 18.2 Å². The van der Waals surface area contributed by atoms with Gasteiger partial charge in [-0.05, 0) is 45.4 Å². The molecule has 0 aliphatic heterocycles. The van der Waals surface area contributed by atoms with Gasteiger partial charge in [-0.1, -0.05) is 6.92 Å². The van der Waals surface area contributed by atoms with E-state index in [1.54, 1.807) is 27.7 Å². The fourth-order valence-corrected chi connectivity index (χ4v) is 1.84. The van der Waals surface area contributed by atoms with E-state index in [4.69, 9.17) is 10.1 Å². The highest BCUT2D eigenvalue weighted by Crippen LogP contribution is 2.25. The van der Waals surface area contributed by atoms with Crippen molar-refractivity contribution in [3.05, 3.63) is 35.4 Å². The van der Waals surface area contributed by atoms with E-state index in [1.165, 1.54) is 0 Å². The minimum Gasteiger partial charge on any atom is -0.455 e. The van der Waals surface area contributed by atoms with Gasteiger partial charge in [-0.25, -0.2) is 13.6 Å². The van der Waals surface area contributed by atoms with E-state index in [-0.39, 0.29) is 11.3 Å². The molecule has 5 heteroatoms. The molecule has 1 aromatic rings. The molecule has 20 heavy (non-hydrogen) atoms. The molecule has 1 N–H and O–H groups in total. The molecule has 0 fully saturated rings. The minimum absolute atomic E-state index is 0.00311. The summed E-state index contributed by atoms with van der Waals surface area (Å²) in [6.45, 7) is 6.75. The molecular weight excluding hydrogens is 264 g/mol. The molecule has 3 nitrogen and oxygen atoms in total. The van der Waals surface area contributed by atoms with Gasteiger partial charge in [0, 0.05) is 11.5 Å². The molecular formula is C15H19F2NO2. The lowest BCUT2D eigenvalue weighted by Gasteiger charge is -2.22. The summed E-state index contributed by atoms with van der Waals surface area (Å²) in [5, 5.41) is 7.87. The number of nitrogens with one attached hydrogen (secondary N) is 1. The molecule has 0 saturated heterocycles. The summed E-state index contributed by atoms with van der Waals surface area (Å²) in [4.78, 5) is 11.9. The summed E-state index contributed by atoms with van der Waals surface area (Å²) in [5.74, 6) is -2.86. The minimum atomic E-state index is -0.819. The number of carbonyl (C=O) groups is 1. The number of hydrogen-bond acceptors (Lipinski definition) is 3. The second-order valence-corrected chi connectivity index (χ2v) is 5.54. The summed E-state index contributed by atoms with van der Waals surface area (Å²) in [6.07, 6.45) is 0.304. The van der Waals surface area contributed by atoms with Gasteiger partial charge in [0.15, 0.2) is 0 Å². The van der Waals surface area contributed by atoms with Crippen LogP contribution in [0.15, 0.2) is 18.2 Å². The van der Waals surface area contributed by atoms with Crippen molar-refractivity contribution in [3.63, 3.8) is 0 Å². The van der Waals surface area contributed by atoms with Crippen LogP contribution < -0.4 is 0 Å². The Labute approximate surface area is 117 Å². The normalized spacial score (nSPS) is 12.9. The highest BCUT2D eigenvalue weighted by atomic mass is 19.1. The maximum absolute atomic E-state index is 13.8. The summed E-state index contributed by atoms with van der Waals surface area (Å²) in [7, 11) is 0.